The number of hydrogen-bond acceptors (Lipinski definition) is 4. The van der Waals surface area contributed by atoms with E-state index in [-0.39, 0.29) is 0 Å². The van der Waals surface area contributed by atoms with Gasteiger partial charge in [-0.2, -0.15) is 5.10 Å². The van der Waals surface area contributed by atoms with E-state index in [2.05, 4.69) is 15.2 Å². The highest BCUT2D eigenvalue weighted by Crippen LogP contribution is 2.17. The molecule has 2 aromatic rings. The summed E-state index contributed by atoms with van der Waals surface area (Å²) >= 11 is 0. The smallest absolute Gasteiger partial charge is 0.165 e. The first-order valence-corrected chi connectivity index (χ1v) is 5.18. The van der Waals surface area contributed by atoms with Crippen LogP contribution in [0.4, 0.5) is 0 Å². The molecule has 0 unspecified atom stereocenters. The minimum atomic E-state index is 0.454. The van der Waals surface area contributed by atoms with Crippen LogP contribution < -0.4 is 5.73 Å². The summed E-state index contributed by atoms with van der Waals surface area (Å²) < 4.78 is 1.90. The van der Waals surface area contributed by atoms with Gasteiger partial charge >= 0.3 is 0 Å². The van der Waals surface area contributed by atoms with Crippen molar-refractivity contribution >= 4 is 0 Å². The molecule has 0 atom stereocenters. The number of aromatic nitrogens is 4. The van der Waals surface area contributed by atoms with E-state index in [0.717, 1.165) is 28.5 Å². The Morgan fingerprint density at radius 3 is 2.56 bits per heavy atom. The summed E-state index contributed by atoms with van der Waals surface area (Å²) in [4.78, 5) is 4.17. The van der Waals surface area contributed by atoms with Crippen molar-refractivity contribution in [3.63, 3.8) is 0 Å². The maximum absolute atomic E-state index is 5.78. The summed E-state index contributed by atoms with van der Waals surface area (Å²) in [5.41, 5.74) is 8.81. The lowest BCUT2D eigenvalue weighted by atomic mass is 10.1. The fraction of sp³-hybridized carbons (Fsp3) is 0.364. The lowest BCUT2D eigenvalue weighted by molar-refractivity contribution is 0.821. The van der Waals surface area contributed by atoms with Crippen LogP contribution >= 0.6 is 0 Å². The standard InChI is InChI=1S/C11H15N5/c1-7-8(2)14-15-11(10(7)6-12)16-5-4-13-9(16)3/h4-5H,6,12H2,1-3H3. The largest absolute Gasteiger partial charge is 0.326 e. The first-order valence-electron chi connectivity index (χ1n) is 5.18. The van der Waals surface area contributed by atoms with E-state index in [1.807, 2.05) is 31.5 Å². The molecule has 0 saturated heterocycles. The van der Waals surface area contributed by atoms with Gasteiger partial charge in [0.1, 0.15) is 5.82 Å². The van der Waals surface area contributed by atoms with E-state index < -0.39 is 0 Å². The molecular weight excluding hydrogens is 202 g/mol. The van der Waals surface area contributed by atoms with E-state index in [1.54, 1.807) is 6.20 Å². The van der Waals surface area contributed by atoms with Crippen molar-refractivity contribution in [1.29, 1.82) is 0 Å². The molecule has 16 heavy (non-hydrogen) atoms. The zero-order valence-electron chi connectivity index (χ0n) is 9.73. The number of aryl methyl sites for hydroxylation is 2. The fourth-order valence-electron chi connectivity index (χ4n) is 1.68. The lowest BCUT2D eigenvalue weighted by Crippen LogP contribution is -2.12. The molecule has 0 fully saturated rings. The lowest BCUT2D eigenvalue weighted by Gasteiger charge is -2.12. The van der Waals surface area contributed by atoms with Gasteiger partial charge in [-0.15, -0.1) is 5.10 Å². The molecule has 0 bridgehead atoms. The van der Waals surface area contributed by atoms with E-state index in [0.29, 0.717) is 6.54 Å². The molecule has 0 aliphatic rings. The highest BCUT2D eigenvalue weighted by Gasteiger charge is 2.12. The first-order chi connectivity index (χ1) is 7.65. The molecule has 0 saturated carbocycles. The molecule has 0 spiro atoms. The summed E-state index contributed by atoms with van der Waals surface area (Å²) in [6.45, 7) is 6.33. The average Bonchev–Trinajstić information content (AvgIpc) is 2.68. The van der Waals surface area contributed by atoms with Crippen LogP contribution in [0, 0.1) is 20.8 Å². The Hall–Kier alpha value is -1.75. The molecule has 2 heterocycles. The molecule has 0 aliphatic carbocycles. The molecule has 5 heteroatoms. The molecule has 0 radical (unpaired) electrons. The predicted octanol–water partition coefficient (Wildman–Crippen LogP) is 1.05. The van der Waals surface area contributed by atoms with Crippen LogP contribution in [-0.2, 0) is 6.54 Å². The van der Waals surface area contributed by atoms with Crippen LogP contribution in [0.25, 0.3) is 5.82 Å². The molecule has 0 amide bonds. The van der Waals surface area contributed by atoms with E-state index >= 15 is 0 Å². The minimum Gasteiger partial charge on any atom is -0.326 e. The van der Waals surface area contributed by atoms with Crippen LogP contribution in [0.1, 0.15) is 22.6 Å². The van der Waals surface area contributed by atoms with Crippen LogP contribution in [0.5, 0.6) is 0 Å². The van der Waals surface area contributed by atoms with Gasteiger partial charge in [0.25, 0.3) is 0 Å². The topological polar surface area (TPSA) is 69.6 Å². The van der Waals surface area contributed by atoms with Gasteiger partial charge in [-0.25, -0.2) is 4.98 Å². The molecular formula is C11H15N5. The van der Waals surface area contributed by atoms with Gasteiger partial charge in [-0.05, 0) is 26.3 Å². The Morgan fingerprint density at radius 2 is 2.00 bits per heavy atom. The second kappa shape index (κ2) is 4.02. The number of nitrogens with two attached hydrogens (primary N) is 1. The van der Waals surface area contributed by atoms with Crippen LogP contribution in [0.15, 0.2) is 12.4 Å². The Kier molecular flexibility index (Phi) is 2.70. The molecule has 5 nitrogen and oxygen atoms in total. The number of rotatable bonds is 2. The molecule has 84 valence electrons. The van der Waals surface area contributed by atoms with Crippen molar-refractivity contribution in [3.05, 3.63) is 35.0 Å². The monoisotopic (exact) mass is 217 g/mol. The summed E-state index contributed by atoms with van der Waals surface area (Å²) in [7, 11) is 0. The van der Waals surface area contributed by atoms with Crippen LogP contribution in [-0.4, -0.2) is 19.7 Å². The Labute approximate surface area is 94.3 Å². The van der Waals surface area contributed by atoms with Gasteiger partial charge < -0.3 is 5.73 Å². The number of imidazole rings is 1. The Balaban J connectivity index is 2.66. The van der Waals surface area contributed by atoms with Crippen molar-refractivity contribution < 1.29 is 0 Å². The first kappa shape index (κ1) is 10.8. The SMILES string of the molecule is Cc1nnc(-n2ccnc2C)c(CN)c1C. The van der Waals surface area contributed by atoms with Crippen molar-refractivity contribution in [3.8, 4) is 5.82 Å². The highest BCUT2D eigenvalue weighted by atomic mass is 15.2. The molecule has 2 aromatic heterocycles. The van der Waals surface area contributed by atoms with Gasteiger partial charge in [0.05, 0.1) is 5.69 Å². The normalized spacial score (nSPS) is 10.8. The number of nitrogens with zero attached hydrogens (tertiary/aromatic N) is 4. The third kappa shape index (κ3) is 1.59. The molecule has 0 aliphatic heterocycles. The van der Waals surface area contributed by atoms with Gasteiger partial charge in [0.15, 0.2) is 5.82 Å². The average molecular weight is 217 g/mol. The fourth-order valence-corrected chi connectivity index (χ4v) is 1.68. The highest BCUT2D eigenvalue weighted by molar-refractivity contribution is 5.41. The van der Waals surface area contributed by atoms with Crippen LogP contribution in [0.3, 0.4) is 0 Å². The van der Waals surface area contributed by atoms with E-state index in [4.69, 9.17) is 5.73 Å². The van der Waals surface area contributed by atoms with Crippen molar-refractivity contribution in [2.75, 3.05) is 0 Å². The summed E-state index contributed by atoms with van der Waals surface area (Å²) in [5, 5.41) is 8.34. The summed E-state index contributed by atoms with van der Waals surface area (Å²) in [5.74, 6) is 1.66. The maximum atomic E-state index is 5.78. The Morgan fingerprint density at radius 1 is 1.25 bits per heavy atom. The Bertz CT molecular complexity index is 515. The van der Waals surface area contributed by atoms with Crippen molar-refractivity contribution in [2.45, 2.75) is 27.3 Å². The zero-order chi connectivity index (χ0) is 11.7. The minimum absolute atomic E-state index is 0.454. The molecule has 2 N–H and O–H groups in total. The van der Waals surface area contributed by atoms with Crippen LogP contribution in [0.2, 0.25) is 0 Å². The third-order valence-electron chi connectivity index (χ3n) is 2.82. The van der Waals surface area contributed by atoms with Gasteiger partial charge in [-0.3, -0.25) is 4.57 Å². The second-order valence-corrected chi connectivity index (χ2v) is 3.76. The van der Waals surface area contributed by atoms with Crippen molar-refractivity contribution in [2.24, 2.45) is 5.73 Å². The van der Waals surface area contributed by atoms with Gasteiger partial charge in [-0.1, -0.05) is 0 Å². The predicted molar refractivity (Wildman–Crippen MR) is 61.3 cm³/mol. The van der Waals surface area contributed by atoms with Crippen molar-refractivity contribution in [1.82, 2.24) is 19.7 Å². The quantitative estimate of drug-likeness (QED) is 0.816. The summed E-state index contributed by atoms with van der Waals surface area (Å²) in [6, 6.07) is 0. The maximum Gasteiger partial charge on any atom is 0.165 e. The third-order valence-corrected chi connectivity index (χ3v) is 2.82. The van der Waals surface area contributed by atoms with E-state index in [1.165, 1.54) is 0 Å². The van der Waals surface area contributed by atoms with Gasteiger partial charge in [0, 0.05) is 24.5 Å². The summed E-state index contributed by atoms with van der Waals surface area (Å²) in [6.07, 6.45) is 3.61. The number of hydrogen-bond donors (Lipinski definition) is 1. The molecule has 0 aromatic carbocycles. The zero-order valence-corrected chi connectivity index (χ0v) is 9.73. The molecule has 2 rings (SSSR count). The van der Waals surface area contributed by atoms with Gasteiger partial charge in [0.2, 0.25) is 0 Å². The van der Waals surface area contributed by atoms with E-state index in [9.17, 15) is 0 Å². The second-order valence-electron chi connectivity index (χ2n) is 3.76.